The third-order valence-corrected chi connectivity index (χ3v) is 3.33. The summed E-state index contributed by atoms with van der Waals surface area (Å²) >= 11 is 0. The maximum atomic E-state index is 12.4. The maximum Gasteiger partial charge on any atom is 0.322 e. The molecule has 0 bridgehead atoms. The molecule has 0 aliphatic carbocycles. The smallest absolute Gasteiger partial charge is 0.322 e. The zero-order valence-electron chi connectivity index (χ0n) is 13.9. The number of nitrogens with one attached hydrogen (secondary N) is 1. The fraction of sp³-hybridized carbons (Fsp3) is 0.412. The molecule has 0 saturated carbocycles. The van der Waals surface area contributed by atoms with Crippen LogP contribution in [0.25, 0.3) is 11.5 Å². The number of hydrogen-bond donors (Lipinski definition) is 2. The Bertz CT molecular complexity index is 665. The highest BCUT2D eigenvalue weighted by atomic mass is 16.4. The van der Waals surface area contributed by atoms with Gasteiger partial charge < -0.3 is 19.7 Å². The fourth-order valence-corrected chi connectivity index (χ4v) is 2.23. The first-order valence-electron chi connectivity index (χ1n) is 7.65. The van der Waals surface area contributed by atoms with Crippen LogP contribution in [0.1, 0.15) is 26.5 Å². The number of oxazole rings is 1. The number of benzene rings is 1. The molecule has 1 aromatic carbocycles. The molecule has 2 amide bonds. The molecule has 0 fully saturated rings. The van der Waals surface area contributed by atoms with Crippen molar-refractivity contribution in [3.05, 3.63) is 36.2 Å². The fourth-order valence-electron chi connectivity index (χ4n) is 2.23. The van der Waals surface area contributed by atoms with Crippen LogP contribution < -0.4 is 5.32 Å². The minimum Gasteiger partial charge on any atom is -0.441 e. The molecular weight excluding hydrogens is 294 g/mol. The summed E-state index contributed by atoms with van der Waals surface area (Å²) in [5.74, 6) is 1.25. The van der Waals surface area contributed by atoms with Gasteiger partial charge in [-0.25, -0.2) is 9.78 Å². The predicted octanol–water partition coefficient (Wildman–Crippen LogP) is 3.27. The van der Waals surface area contributed by atoms with Crippen molar-refractivity contribution in [3.63, 3.8) is 0 Å². The lowest BCUT2D eigenvalue weighted by Gasteiger charge is -2.28. The largest absolute Gasteiger partial charge is 0.441 e. The van der Waals surface area contributed by atoms with Crippen molar-refractivity contribution in [3.8, 4) is 11.5 Å². The van der Waals surface area contributed by atoms with Gasteiger partial charge in [0.25, 0.3) is 0 Å². The van der Waals surface area contributed by atoms with Crippen molar-refractivity contribution in [1.29, 1.82) is 0 Å². The van der Waals surface area contributed by atoms with Crippen LogP contribution in [0, 0.1) is 6.92 Å². The van der Waals surface area contributed by atoms with E-state index in [0.29, 0.717) is 11.6 Å². The summed E-state index contributed by atoms with van der Waals surface area (Å²) in [5, 5.41) is 12.4. The van der Waals surface area contributed by atoms with Crippen LogP contribution in [0.4, 0.5) is 10.5 Å². The Balaban J connectivity index is 2.14. The second kappa shape index (κ2) is 7.28. The lowest BCUT2D eigenvalue weighted by molar-refractivity contribution is 0.125. The SMILES string of the molecule is Cc1cnc(-c2cccc(NC(=O)N(CC(C)O)C(C)C)c2)o1. The minimum absolute atomic E-state index is 0.0119. The van der Waals surface area contributed by atoms with Gasteiger partial charge in [0.1, 0.15) is 5.76 Å². The highest BCUT2D eigenvalue weighted by Gasteiger charge is 2.19. The quantitative estimate of drug-likeness (QED) is 0.887. The molecule has 0 radical (unpaired) electrons. The number of aliphatic hydroxyl groups excluding tert-OH is 1. The number of carbonyl (C=O) groups is 1. The molecule has 2 aromatic rings. The van der Waals surface area contributed by atoms with Crippen molar-refractivity contribution in [2.24, 2.45) is 0 Å². The number of rotatable bonds is 5. The molecule has 0 aliphatic rings. The summed E-state index contributed by atoms with van der Waals surface area (Å²) < 4.78 is 5.50. The van der Waals surface area contributed by atoms with E-state index in [0.717, 1.165) is 11.3 Å². The number of aryl methyl sites for hydroxylation is 1. The second-order valence-electron chi connectivity index (χ2n) is 5.88. The van der Waals surface area contributed by atoms with Gasteiger partial charge >= 0.3 is 6.03 Å². The number of anilines is 1. The predicted molar refractivity (Wildman–Crippen MR) is 89.2 cm³/mol. The number of aliphatic hydroxyl groups is 1. The van der Waals surface area contributed by atoms with E-state index < -0.39 is 6.10 Å². The number of urea groups is 1. The van der Waals surface area contributed by atoms with Gasteiger partial charge in [-0.3, -0.25) is 0 Å². The molecule has 23 heavy (non-hydrogen) atoms. The maximum absolute atomic E-state index is 12.4. The first-order chi connectivity index (χ1) is 10.9. The molecule has 1 aromatic heterocycles. The molecular formula is C17H23N3O3. The van der Waals surface area contributed by atoms with E-state index in [1.54, 1.807) is 24.1 Å². The molecule has 2 N–H and O–H groups in total. The number of hydrogen-bond acceptors (Lipinski definition) is 4. The average Bonchev–Trinajstić information content (AvgIpc) is 2.91. The van der Waals surface area contributed by atoms with Gasteiger partial charge in [-0.2, -0.15) is 0 Å². The van der Waals surface area contributed by atoms with Gasteiger partial charge in [0.15, 0.2) is 0 Å². The molecule has 6 heteroatoms. The molecule has 6 nitrogen and oxygen atoms in total. The number of aromatic nitrogens is 1. The van der Waals surface area contributed by atoms with Crippen molar-refractivity contribution >= 4 is 11.7 Å². The Morgan fingerprint density at radius 2 is 2.13 bits per heavy atom. The Labute approximate surface area is 136 Å². The number of amides is 2. The van der Waals surface area contributed by atoms with Gasteiger partial charge in [0.05, 0.1) is 12.3 Å². The van der Waals surface area contributed by atoms with Crippen LogP contribution >= 0.6 is 0 Å². The molecule has 124 valence electrons. The summed E-state index contributed by atoms with van der Waals surface area (Å²) in [6.07, 6.45) is 1.08. The zero-order valence-corrected chi connectivity index (χ0v) is 13.9. The van der Waals surface area contributed by atoms with Crippen molar-refractivity contribution in [2.75, 3.05) is 11.9 Å². The molecule has 1 atom stereocenters. The summed E-state index contributed by atoms with van der Waals surface area (Å²) in [7, 11) is 0. The van der Waals surface area contributed by atoms with Crippen molar-refractivity contribution < 1.29 is 14.3 Å². The Kier molecular flexibility index (Phi) is 5.39. The van der Waals surface area contributed by atoms with Crippen molar-refractivity contribution in [1.82, 2.24) is 9.88 Å². The van der Waals surface area contributed by atoms with Crippen LogP contribution in [0.3, 0.4) is 0 Å². The summed E-state index contributed by atoms with van der Waals surface area (Å²) in [6.45, 7) is 7.59. The van der Waals surface area contributed by atoms with E-state index >= 15 is 0 Å². The third kappa shape index (κ3) is 4.56. The third-order valence-electron chi connectivity index (χ3n) is 3.33. The molecule has 1 unspecified atom stereocenters. The van der Waals surface area contributed by atoms with E-state index in [1.807, 2.05) is 39.0 Å². The molecule has 2 rings (SSSR count). The standard InChI is InChI=1S/C17H23N3O3/c1-11(2)20(10-12(3)21)17(22)19-15-7-5-6-14(8-15)16-18-9-13(4)23-16/h5-9,11-12,21H,10H2,1-4H3,(H,19,22). The highest BCUT2D eigenvalue weighted by Crippen LogP contribution is 2.22. The Hall–Kier alpha value is -2.34. The topological polar surface area (TPSA) is 78.6 Å². The number of nitrogens with zero attached hydrogens (tertiary/aromatic N) is 2. The first-order valence-corrected chi connectivity index (χ1v) is 7.65. The lowest BCUT2D eigenvalue weighted by atomic mass is 10.2. The second-order valence-corrected chi connectivity index (χ2v) is 5.88. The summed E-state index contributed by atoms with van der Waals surface area (Å²) in [5.41, 5.74) is 1.45. The van der Waals surface area contributed by atoms with E-state index in [9.17, 15) is 9.90 Å². The van der Waals surface area contributed by atoms with Crippen LogP contribution in [-0.4, -0.2) is 39.7 Å². The van der Waals surface area contributed by atoms with Gasteiger partial charge in [-0.1, -0.05) is 6.07 Å². The summed E-state index contributed by atoms with van der Waals surface area (Å²) in [6, 6.07) is 7.06. The highest BCUT2D eigenvalue weighted by molar-refractivity contribution is 5.90. The van der Waals surface area contributed by atoms with Crippen LogP contribution in [-0.2, 0) is 0 Å². The van der Waals surface area contributed by atoms with Gasteiger partial charge in [-0.05, 0) is 45.9 Å². The van der Waals surface area contributed by atoms with Gasteiger partial charge in [0, 0.05) is 23.8 Å². The molecule has 0 saturated heterocycles. The van der Waals surface area contributed by atoms with E-state index in [2.05, 4.69) is 10.3 Å². The number of carbonyl (C=O) groups excluding carboxylic acids is 1. The van der Waals surface area contributed by atoms with Gasteiger partial charge in [-0.15, -0.1) is 0 Å². The van der Waals surface area contributed by atoms with E-state index in [1.165, 1.54) is 0 Å². The average molecular weight is 317 g/mol. The van der Waals surface area contributed by atoms with Crippen LogP contribution in [0.15, 0.2) is 34.9 Å². The Morgan fingerprint density at radius 1 is 1.39 bits per heavy atom. The molecule has 0 spiro atoms. The Morgan fingerprint density at radius 3 is 2.70 bits per heavy atom. The molecule has 0 aliphatic heterocycles. The lowest BCUT2D eigenvalue weighted by Crippen LogP contribution is -2.43. The zero-order chi connectivity index (χ0) is 17.0. The molecule has 1 heterocycles. The minimum atomic E-state index is -0.579. The van der Waals surface area contributed by atoms with E-state index in [4.69, 9.17) is 4.42 Å². The van der Waals surface area contributed by atoms with Crippen LogP contribution in [0.2, 0.25) is 0 Å². The van der Waals surface area contributed by atoms with Crippen molar-refractivity contribution in [2.45, 2.75) is 39.8 Å². The normalized spacial score (nSPS) is 12.3. The monoisotopic (exact) mass is 317 g/mol. The first kappa shape index (κ1) is 17.0. The van der Waals surface area contributed by atoms with Crippen LogP contribution in [0.5, 0.6) is 0 Å². The summed E-state index contributed by atoms with van der Waals surface area (Å²) in [4.78, 5) is 18.2. The van der Waals surface area contributed by atoms with Gasteiger partial charge in [0.2, 0.25) is 5.89 Å². The van der Waals surface area contributed by atoms with E-state index in [-0.39, 0.29) is 18.6 Å².